The Morgan fingerprint density at radius 1 is 1.12 bits per heavy atom. The molecule has 1 N–H and O–H groups in total. The molecule has 5 nitrogen and oxygen atoms in total. The number of amides is 2. The number of aryl methyl sites for hydroxylation is 2. The molecule has 0 saturated carbocycles. The van der Waals surface area contributed by atoms with Crippen molar-refractivity contribution in [1.82, 2.24) is 5.32 Å². The predicted octanol–water partition coefficient (Wildman–Crippen LogP) is 3.24. The van der Waals surface area contributed by atoms with Crippen LogP contribution in [0.4, 0.5) is 5.69 Å². The maximum absolute atomic E-state index is 12.2. The maximum Gasteiger partial charge on any atom is 0.251 e. The Hall–Kier alpha value is -2.82. The van der Waals surface area contributed by atoms with E-state index in [9.17, 15) is 9.59 Å². The monoisotopic (exact) mass is 352 g/mol. The molecule has 2 amide bonds. The summed E-state index contributed by atoms with van der Waals surface area (Å²) in [5.74, 6) is 0.815. The van der Waals surface area contributed by atoms with E-state index in [1.54, 1.807) is 17.0 Å². The number of rotatable bonds is 6. The van der Waals surface area contributed by atoms with Crippen molar-refractivity contribution in [3.8, 4) is 5.75 Å². The van der Waals surface area contributed by atoms with Gasteiger partial charge in [0.2, 0.25) is 5.91 Å². The molecule has 3 rings (SSSR count). The molecule has 5 heteroatoms. The summed E-state index contributed by atoms with van der Waals surface area (Å²) in [6.45, 7) is 5.65. The van der Waals surface area contributed by atoms with Crippen LogP contribution in [0.1, 0.15) is 34.3 Å². The van der Waals surface area contributed by atoms with Gasteiger partial charge in [0, 0.05) is 24.2 Å². The highest BCUT2D eigenvalue weighted by molar-refractivity contribution is 5.97. The number of carbonyl (C=O) groups is 2. The summed E-state index contributed by atoms with van der Waals surface area (Å²) in [4.78, 5) is 25.7. The van der Waals surface area contributed by atoms with Gasteiger partial charge in [-0.05, 0) is 67.8 Å². The van der Waals surface area contributed by atoms with Crippen molar-refractivity contribution >= 4 is 17.5 Å². The zero-order valence-electron chi connectivity index (χ0n) is 15.2. The van der Waals surface area contributed by atoms with Gasteiger partial charge in [-0.2, -0.15) is 0 Å². The minimum atomic E-state index is -0.145. The van der Waals surface area contributed by atoms with Crippen molar-refractivity contribution in [3.05, 3.63) is 59.2 Å². The van der Waals surface area contributed by atoms with Gasteiger partial charge in [-0.25, -0.2) is 0 Å². The Balaban J connectivity index is 1.48. The molecule has 1 aliphatic heterocycles. The molecule has 0 aromatic heterocycles. The van der Waals surface area contributed by atoms with E-state index in [4.69, 9.17) is 4.74 Å². The van der Waals surface area contributed by atoms with E-state index in [-0.39, 0.29) is 11.8 Å². The van der Waals surface area contributed by atoms with Crippen LogP contribution in [0.5, 0.6) is 5.75 Å². The van der Waals surface area contributed by atoms with Crippen LogP contribution < -0.4 is 15.0 Å². The summed E-state index contributed by atoms with van der Waals surface area (Å²) in [5.41, 5.74) is 3.73. The fourth-order valence-electron chi connectivity index (χ4n) is 3.17. The van der Waals surface area contributed by atoms with Gasteiger partial charge >= 0.3 is 0 Å². The highest BCUT2D eigenvalue weighted by Gasteiger charge is 2.21. The summed E-state index contributed by atoms with van der Waals surface area (Å²) >= 11 is 0. The Labute approximate surface area is 154 Å². The molecule has 1 aliphatic rings. The molecule has 0 radical (unpaired) electrons. The summed E-state index contributed by atoms with van der Waals surface area (Å²) in [5, 5.41) is 2.85. The summed E-state index contributed by atoms with van der Waals surface area (Å²) in [6, 6.07) is 13.2. The third-order valence-electron chi connectivity index (χ3n) is 4.37. The first kappa shape index (κ1) is 18.0. The van der Waals surface area contributed by atoms with Crippen LogP contribution in [-0.2, 0) is 4.79 Å². The van der Waals surface area contributed by atoms with E-state index in [2.05, 4.69) is 11.4 Å². The standard InChI is InChI=1S/C21H24N2O3/c1-15-12-16(2)14-19(13-15)26-11-9-22-21(25)17-5-7-18(8-6-17)23-10-3-4-20(23)24/h5-8,12-14H,3-4,9-11H2,1-2H3,(H,22,25). The SMILES string of the molecule is Cc1cc(C)cc(OCCNC(=O)c2ccc(N3CCCC3=O)cc2)c1. The number of hydrogen-bond acceptors (Lipinski definition) is 3. The number of anilines is 1. The van der Waals surface area contributed by atoms with Gasteiger partial charge in [0.15, 0.2) is 0 Å². The van der Waals surface area contributed by atoms with Gasteiger partial charge < -0.3 is 15.0 Å². The van der Waals surface area contributed by atoms with Gasteiger partial charge in [0.25, 0.3) is 5.91 Å². The normalized spacial score (nSPS) is 13.8. The van der Waals surface area contributed by atoms with Crippen LogP contribution in [0.25, 0.3) is 0 Å². The number of hydrogen-bond donors (Lipinski definition) is 1. The van der Waals surface area contributed by atoms with Crippen molar-refractivity contribution in [1.29, 1.82) is 0 Å². The van der Waals surface area contributed by atoms with Crippen LogP contribution in [0.2, 0.25) is 0 Å². The molecule has 0 aliphatic carbocycles. The van der Waals surface area contributed by atoms with Crippen LogP contribution in [-0.4, -0.2) is 31.5 Å². The zero-order valence-corrected chi connectivity index (χ0v) is 15.2. The molecule has 2 aromatic carbocycles. The van der Waals surface area contributed by atoms with E-state index >= 15 is 0 Å². The van der Waals surface area contributed by atoms with Crippen molar-refractivity contribution in [3.63, 3.8) is 0 Å². The molecule has 0 spiro atoms. The largest absolute Gasteiger partial charge is 0.492 e. The maximum atomic E-state index is 12.2. The van der Waals surface area contributed by atoms with Crippen LogP contribution in [0, 0.1) is 13.8 Å². The van der Waals surface area contributed by atoms with Crippen LogP contribution in [0.3, 0.4) is 0 Å². The molecule has 1 saturated heterocycles. The number of nitrogens with one attached hydrogen (secondary N) is 1. The fourth-order valence-corrected chi connectivity index (χ4v) is 3.17. The predicted molar refractivity (Wildman–Crippen MR) is 102 cm³/mol. The van der Waals surface area contributed by atoms with Crippen molar-refractivity contribution in [2.45, 2.75) is 26.7 Å². The van der Waals surface area contributed by atoms with E-state index in [0.29, 0.717) is 25.1 Å². The molecule has 26 heavy (non-hydrogen) atoms. The Bertz CT molecular complexity index is 779. The third-order valence-corrected chi connectivity index (χ3v) is 4.37. The average Bonchev–Trinajstić information content (AvgIpc) is 3.04. The Kier molecular flexibility index (Phi) is 5.56. The van der Waals surface area contributed by atoms with Crippen LogP contribution >= 0.6 is 0 Å². The molecule has 2 aromatic rings. The van der Waals surface area contributed by atoms with Gasteiger partial charge in [0.1, 0.15) is 12.4 Å². The second-order valence-electron chi connectivity index (χ2n) is 6.62. The fraction of sp³-hybridized carbons (Fsp3) is 0.333. The lowest BCUT2D eigenvalue weighted by atomic mass is 10.1. The number of ether oxygens (including phenoxy) is 1. The lowest BCUT2D eigenvalue weighted by Crippen LogP contribution is -2.28. The second kappa shape index (κ2) is 8.04. The molecular weight excluding hydrogens is 328 g/mol. The van der Waals surface area contributed by atoms with Crippen molar-refractivity contribution in [2.24, 2.45) is 0 Å². The van der Waals surface area contributed by atoms with Crippen LogP contribution in [0.15, 0.2) is 42.5 Å². The number of carbonyl (C=O) groups excluding carboxylic acids is 2. The second-order valence-corrected chi connectivity index (χ2v) is 6.62. The molecule has 0 atom stereocenters. The minimum absolute atomic E-state index is 0.144. The first-order valence-electron chi connectivity index (χ1n) is 8.93. The molecule has 1 fully saturated rings. The van der Waals surface area contributed by atoms with E-state index in [0.717, 1.165) is 35.5 Å². The number of benzene rings is 2. The summed E-state index contributed by atoms with van der Waals surface area (Å²) < 4.78 is 5.69. The lowest BCUT2D eigenvalue weighted by Gasteiger charge is -2.15. The van der Waals surface area contributed by atoms with E-state index in [1.165, 1.54) is 0 Å². The first-order chi connectivity index (χ1) is 12.5. The van der Waals surface area contributed by atoms with Gasteiger partial charge in [-0.15, -0.1) is 0 Å². The quantitative estimate of drug-likeness (QED) is 0.812. The smallest absolute Gasteiger partial charge is 0.251 e. The Morgan fingerprint density at radius 3 is 2.42 bits per heavy atom. The van der Waals surface area contributed by atoms with Gasteiger partial charge in [-0.3, -0.25) is 9.59 Å². The third kappa shape index (κ3) is 4.42. The average molecular weight is 352 g/mol. The topological polar surface area (TPSA) is 58.6 Å². The molecule has 1 heterocycles. The summed E-state index contributed by atoms with van der Waals surface area (Å²) in [7, 11) is 0. The lowest BCUT2D eigenvalue weighted by molar-refractivity contribution is -0.117. The minimum Gasteiger partial charge on any atom is -0.492 e. The molecular formula is C21H24N2O3. The highest BCUT2D eigenvalue weighted by Crippen LogP contribution is 2.21. The van der Waals surface area contributed by atoms with E-state index < -0.39 is 0 Å². The molecule has 136 valence electrons. The first-order valence-corrected chi connectivity index (χ1v) is 8.93. The van der Waals surface area contributed by atoms with E-state index in [1.807, 2.05) is 38.1 Å². The van der Waals surface area contributed by atoms with Gasteiger partial charge in [0.05, 0.1) is 6.54 Å². The van der Waals surface area contributed by atoms with Gasteiger partial charge in [-0.1, -0.05) is 6.07 Å². The molecule has 0 bridgehead atoms. The highest BCUT2D eigenvalue weighted by atomic mass is 16.5. The number of nitrogens with zero attached hydrogens (tertiary/aromatic N) is 1. The zero-order chi connectivity index (χ0) is 18.5. The van der Waals surface area contributed by atoms with Crippen molar-refractivity contribution < 1.29 is 14.3 Å². The molecule has 0 unspecified atom stereocenters. The Morgan fingerprint density at radius 2 is 1.81 bits per heavy atom. The summed E-state index contributed by atoms with van der Waals surface area (Å²) in [6.07, 6.45) is 1.49. The van der Waals surface area contributed by atoms with Crippen molar-refractivity contribution in [2.75, 3.05) is 24.6 Å².